The van der Waals surface area contributed by atoms with Gasteiger partial charge in [-0.1, -0.05) is 30.2 Å². The van der Waals surface area contributed by atoms with Gasteiger partial charge in [-0.15, -0.1) is 0 Å². The summed E-state index contributed by atoms with van der Waals surface area (Å²) in [4.78, 5) is 22.8. The summed E-state index contributed by atoms with van der Waals surface area (Å²) in [5, 5.41) is 12.3. The lowest BCUT2D eigenvalue weighted by atomic mass is 9.96. The van der Waals surface area contributed by atoms with Gasteiger partial charge in [-0.05, 0) is 30.9 Å². The summed E-state index contributed by atoms with van der Waals surface area (Å²) in [6.07, 6.45) is 2.42. The van der Waals surface area contributed by atoms with E-state index in [4.69, 9.17) is 21.4 Å². The highest BCUT2D eigenvalue weighted by atomic mass is 35.5. The fourth-order valence-electron chi connectivity index (χ4n) is 2.61. The molecule has 21 heavy (non-hydrogen) atoms. The topological polar surface area (TPSA) is 75.6 Å². The number of ether oxygens (including phenoxy) is 1. The second kappa shape index (κ2) is 7.31. The highest BCUT2D eigenvalue weighted by Crippen LogP contribution is 2.31. The Balaban J connectivity index is 1.75. The Morgan fingerprint density at radius 3 is 2.81 bits per heavy atom. The van der Waals surface area contributed by atoms with Crippen molar-refractivity contribution >= 4 is 23.5 Å². The highest BCUT2D eigenvalue weighted by Gasteiger charge is 2.32. The molecule has 0 radical (unpaired) electrons. The van der Waals surface area contributed by atoms with Gasteiger partial charge in [-0.25, -0.2) is 0 Å². The van der Waals surface area contributed by atoms with Crippen LogP contribution in [0.1, 0.15) is 19.3 Å². The number of carbonyl (C=O) groups is 2. The van der Waals surface area contributed by atoms with E-state index in [1.165, 1.54) is 0 Å². The molecular weight excluding hydrogens is 294 g/mol. The molecule has 1 aromatic rings. The summed E-state index contributed by atoms with van der Waals surface area (Å²) in [6.45, 7) is 0.246. The molecule has 0 spiro atoms. The van der Waals surface area contributed by atoms with Crippen molar-refractivity contribution in [2.45, 2.75) is 19.3 Å². The molecule has 6 heteroatoms. The third-order valence-electron chi connectivity index (χ3n) is 3.73. The van der Waals surface area contributed by atoms with E-state index in [1.807, 2.05) is 0 Å². The molecule has 0 heterocycles. The molecular formula is C15H18ClNO4. The van der Waals surface area contributed by atoms with Crippen molar-refractivity contribution in [3.63, 3.8) is 0 Å². The zero-order valence-corrected chi connectivity index (χ0v) is 12.3. The van der Waals surface area contributed by atoms with Gasteiger partial charge in [0.1, 0.15) is 5.75 Å². The van der Waals surface area contributed by atoms with Crippen LogP contribution in [0.2, 0.25) is 5.02 Å². The Kier molecular flexibility index (Phi) is 5.44. The normalized spacial score (nSPS) is 21.0. The first kappa shape index (κ1) is 15.6. The molecule has 1 aromatic carbocycles. The van der Waals surface area contributed by atoms with E-state index in [0.29, 0.717) is 23.7 Å². The first-order valence-electron chi connectivity index (χ1n) is 6.94. The van der Waals surface area contributed by atoms with E-state index in [0.717, 1.165) is 12.8 Å². The number of rotatable bonds is 6. The van der Waals surface area contributed by atoms with Crippen molar-refractivity contribution in [1.29, 1.82) is 0 Å². The summed E-state index contributed by atoms with van der Waals surface area (Å²) in [5.74, 6) is -0.940. The smallest absolute Gasteiger partial charge is 0.306 e. The molecule has 1 amide bonds. The molecule has 5 nitrogen and oxygen atoms in total. The third-order valence-corrected chi connectivity index (χ3v) is 4.05. The van der Waals surface area contributed by atoms with Crippen LogP contribution in [0.4, 0.5) is 0 Å². The van der Waals surface area contributed by atoms with Crippen LogP contribution >= 0.6 is 11.6 Å². The first-order chi connectivity index (χ1) is 10.1. The molecule has 0 bridgehead atoms. The van der Waals surface area contributed by atoms with Crippen molar-refractivity contribution in [2.75, 3.05) is 13.2 Å². The number of carbonyl (C=O) groups excluding carboxylic acids is 1. The molecule has 2 rings (SSSR count). The van der Waals surface area contributed by atoms with Gasteiger partial charge < -0.3 is 15.2 Å². The van der Waals surface area contributed by atoms with E-state index < -0.39 is 5.97 Å². The first-order valence-corrected chi connectivity index (χ1v) is 7.32. The minimum absolute atomic E-state index is 0.00626. The van der Waals surface area contributed by atoms with Crippen LogP contribution in [0.3, 0.4) is 0 Å². The van der Waals surface area contributed by atoms with Crippen molar-refractivity contribution in [3.05, 3.63) is 29.3 Å². The summed E-state index contributed by atoms with van der Waals surface area (Å²) in [6, 6.07) is 6.92. The minimum atomic E-state index is -0.779. The van der Waals surface area contributed by atoms with E-state index in [2.05, 4.69) is 5.32 Å². The van der Waals surface area contributed by atoms with E-state index >= 15 is 0 Å². The Labute approximate surface area is 128 Å². The van der Waals surface area contributed by atoms with Crippen LogP contribution in [0.15, 0.2) is 24.3 Å². The number of halogens is 1. The Morgan fingerprint density at radius 1 is 1.33 bits per heavy atom. The second-order valence-corrected chi connectivity index (χ2v) is 5.57. The number of para-hydroxylation sites is 1. The lowest BCUT2D eigenvalue weighted by Gasteiger charge is -2.16. The highest BCUT2D eigenvalue weighted by molar-refractivity contribution is 6.32. The van der Waals surface area contributed by atoms with Crippen LogP contribution in [0.5, 0.6) is 5.75 Å². The van der Waals surface area contributed by atoms with Crippen LogP contribution in [0, 0.1) is 11.8 Å². The Morgan fingerprint density at radius 2 is 2.10 bits per heavy atom. The van der Waals surface area contributed by atoms with Crippen molar-refractivity contribution in [2.24, 2.45) is 11.8 Å². The maximum atomic E-state index is 11.7. The number of carboxylic acids is 1. The molecule has 1 fully saturated rings. The average molecular weight is 312 g/mol. The van der Waals surface area contributed by atoms with Gasteiger partial charge in [0.15, 0.2) is 6.61 Å². The van der Waals surface area contributed by atoms with Crippen LogP contribution in [-0.4, -0.2) is 30.1 Å². The van der Waals surface area contributed by atoms with Gasteiger partial charge in [0, 0.05) is 6.54 Å². The van der Waals surface area contributed by atoms with Crippen molar-refractivity contribution in [1.82, 2.24) is 5.32 Å². The maximum Gasteiger partial charge on any atom is 0.306 e. The standard InChI is InChI=1S/C15H18ClNO4/c16-12-6-1-2-7-13(12)21-9-14(18)17-8-10-4-3-5-11(10)15(19)20/h1-2,6-7,10-11H,3-5,8-9H2,(H,17,18)(H,19,20). The van der Waals surface area contributed by atoms with Gasteiger partial charge in [-0.2, -0.15) is 0 Å². The van der Waals surface area contributed by atoms with Gasteiger partial charge in [-0.3, -0.25) is 9.59 Å². The predicted octanol–water partition coefficient (Wildman–Crippen LogP) is 2.34. The quantitative estimate of drug-likeness (QED) is 0.845. The minimum Gasteiger partial charge on any atom is -0.482 e. The number of aliphatic carboxylic acids is 1. The SMILES string of the molecule is O=C(COc1ccccc1Cl)NCC1CCCC1C(=O)O. The lowest BCUT2D eigenvalue weighted by Crippen LogP contribution is -2.35. The second-order valence-electron chi connectivity index (χ2n) is 5.16. The Hall–Kier alpha value is -1.75. The number of hydrogen-bond donors (Lipinski definition) is 2. The summed E-state index contributed by atoms with van der Waals surface area (Å²) >= 11 is 5.92. The van der Waals surface area contributed by atoms with Crippen LogP contribution in [0.25, 0.3) is 0 Å². The molecule has 114 valence electrons. The van der Waals surface area contributed by atoms with E-state index in [-0.39, 0.29) is 24.3 Å². The monoisotopic (exact) mass is 311 g/mol. The molecule has 2 unspecified atom stereocenters. The van der Waals surface area contributed by atoms with Gasteiger partial charge in [0.25, 0.3) is 5.91 Å². The van der Waals surface area contributed by atoms with Gasteiger partial charge in [0.2, 0.25) is 0 Å². The predicted molar refractivity (Wildman–Crippen MR) is 78.4 cm³/mol. The Bertz CT molecular complexity index is 520. The molecule has 1 aliphatic carbocycles. The van der Waals surface area contributed by atoms with Crippen molar-refractivity contribution in [3.8, 4) is 5.75 Å². The molecule has 0 saturated heterocycles. The molecule has 2 N–H and O–H groups in total. The van der Waals surface area contributed by atoms with Crippen LogP contribution in [-0.2, 0) is 9.59 Å². The number of benzene rings is 1. The zero-order chi connectivity index (χ0) is 15.2. The largest absolute Gasteiger partial charge is 0.482 e. The van der Waals surface area contributed by atoms with E-state index in [9.17, 15) is 9.59 Å². The fraction of sp³-hybridized carbons (Fsp3) is 0.467. The molecule has 0 aromatic heterocycles. The molecule has 2 atom stereocenters. The lowest BCUT2D eigenvalue weighted by molar-refractivity contribution is -0.143. The number of hydrogen-bond acceptors (Lipinski definition) is 3. The fourth-order valence-corrected chi connectivity index (χ4v) is 2.80. The molecule has 1 aliphatic rings. The summed E-state index contributed by atoms with van der Waals surface area (Å²) in [5.41, 5.74) is 0. The third kappa shape index (κ3) is 4.36. The van der Waals surface area contributed by atoms with Gasteiger partial charge in [0.05, 0.1) is 10.9 Å². The van der Waals surface area contributed by atoms with Crippen molar-refractivity contribution < 1.29 is 19.4 Å². The number of amides is 1. The van der Waals surface area contributed by atoms with Gasteiger partial charge >= 0.3 is 5.97 Å². The number of carboxylic acid groups (broad SMARTS) is 1. The van der Waals surface area contributed by atoms with Crippen LogP contribution < -0.4 is 10.1 Å². The zero-order valence-electron chi connectivity index (χ0n) is 11.5. The molecule has 1 saturated carbocycles. The molecule has 0 aliphatic heterocycles. The number of nitrogens with one attached hydrogen (secondary N) is 1. The summed E-state index contributed by atoms with van der Waals surface area (Å²) in [7, 11) is 0. The average Bonchev–Trinajstić information content (AvgIpc) is 2.93. The van der Waals surface area contributed by atoms with E-state index in [1.54, 1.807) is 24.3 Å². The summed E-state index contributed by atoms with van der Waals surface area (Å²) < 4.78 is 5.33. The maximum absolute atomic E-state index is 11.7.